The summed E-state index contributed by atoms with van der Waals surface area (Å²) in [7, 11) is 0. The second-order valence-electron chi connectivity index (χ2n) is 7.00. The monoisotopic (exact) mass is 340 g/mol. The molecule has 1 fully saturated rings. The Bertz CT molecular complexity index is 655. The molecule has 2 aromatic rings. The topological polar surface area (TPSA) is 46.9 Å². The van der Waals surface area contributed by atoms with Crippen LogP contribution in [0.5, 0.6) is 0 Å². The van der Waals surface area contributed by atoms with Crippen molar-refractivity contribution in [1.82, 2.24) is 9.80 Å². The highest BCUT2D eigenvalue weighted by atomic mass is 16.3. The van der Waals surface area contributed by atoms with Crippen LogP contribution in [0.3, 0.4) is 0 Å². The highest BCUT2D eigenvalue weighted by Gasteiger charge is 2.23. The molecule has 3 rings (SSSR count). The molecule has 0 saturated carbocycles. The Kier molecular flexibility index (Phi) is 6.21. The van der Waals surface area contributed by atoms with Crippen LogP contribution >= 0.6 is 0 Å². The van der Waals surface area contributed by atoms with Gasteiger partial charge < -0.3 is 10.2 Å². The standard InChI is InChI=1S/C21H28N2O2/c1-17-12-22(13-18-2-6-20(15-24)7-3-18)10-11-23(17)14-19-4-8-21(16-25)9-5-19/h2-9,17,24-25H,10-16H2,1H3. The quantitative estimate of drug-likeness (QED) is 0.848. The molecule has 0 amide bonds. The molecule has 4 heteroatoms. The van der Waals surface area contributed by atoms with Crippen LogP contribution < -0.4 is 0 Å². The van der Waals surface area contributed by atoms with E-state index < -0.39 is 0 Å². The van der Waals surface area contributed by atoms with Crippen molar-refractivity contribution in [3.63, 3.8) is 0 Å². The largest absolute Gasteiger partial charge is 0.392 e. The van der Waals surface area contributed by atoms with E-state index in [2.05, 4.69) is 41.0 Å². The van der Waals surface area contributed by atoms with Crippen molar-refractivity contribution in [3.8, 4) is 0 Å². The van der Waals surface area contributed by atoms with E-state index in [1.165, 1.54) is 11.1 Å². The summed E-state index contributed by atoms with van der Waals surface area (Å²) in [5, 5.41) is 18.3. The van der Waals surface area contributed by atoms with Gasteiger partial charge in [-0.25, -0.2) is 0 Å². The Balaban J connectivity index is 1.52. The predicted octanol–water partition coefficient (Wildman–Crippen LogP) is 2.38. The molecule has 134 valence electrons. The summed E-state index contributed by atoms with van der Waals surface area (Å²) < 4.78 is 0. The summed E-state index contributed by atoms with van der Waals surface area (Å²) in [5.74, 6) is 0. The van der Waals surface area contributed by atoms with E-state index in [4.69, 9.17) is 10.2 Å². The van der Waals surface area contributed by atoms with Gasteiger partial charge in [0, 0.05) is 38.8 Å². The van der Waals surface area contributed by atoms with Crippen molar-refractivity contribution < 1.29 is 10.2 Å². The van der Waals surface area contributed by atoms with Crippen LogP contribution in [0, 0.1) is 0 Å². The Morgan fingerprint density at radius 3 is 1.72 bits per heavy atom. The van der Waals surface area contributed by atoms with Gasteiger partial charge in [0.1, 0.15) is 0 Å². The summed E-state index contributed by atoms with van der Waals surface area (Å²) in [6.07, 6.45) is 0. The molecule has 1 atom stereocenters. The predicted molar refractivity (Wildman–Crippen MR) is 99.9 cm³/mol. The molecule has 2 N–H and O–H groups in total. The number of benzene rings is 2. The van der Waals surface area contributed by atoms with Gasteiger partial charge in [-0.05, 0) is 29.2 Å². The summed E-state index contributed by atoms with van der Waals surface area (Å²) in [6.45, 7) is 7.64. The van der Waals surface area contributed by atoms with Crippen molar-refractivity contribution in [2.45, 2.75) is 39.3 Å². The summed E-state index contributed by atoms with van der Waals surface area (Å²) >= 11 is 0. The molecule has 0 aromatic heterocycles. The molecule has 0 bridgehead atoms. The van der Waals surface area contributed by atoms with Gasteiger partial charge >= 0.3 is 0 Å². The molecular formula is C21H28N2O2. The normalized spacial score (nSPS) is 19.2. The molecule has 1 saturated heterocycles. The summed E-state index contributed by atoms with van der Waals surface area (Å²) in [4.78, 5) is 5.03. The Hall–Kier alpha value is -1.72. The summed E-state index contributed by atoms with van der Waals surface area (Å²) in [6, 6.07) is 17.0. The molecule has 1 unspecified atom stereocenters. The van der Waals surface area contributed by atoms with Crippen LogP contribution in [-0.4, -0.2) is 45.7 Å². The average molecular weight is 340 g/mol. The SMILES string of the molecule is CC1CN(Cc2ccc(CO)cc2)CCN1Cc1ccc(CO)cc1. The maximum atomic E-state index is 9.14. The average Bonchev–Trinajstić information content (AvgIpc) is 2.65. The van der Waals surface area contributed by atoms with Crippen molar-refractivity contribution in [1.29, 1.82) is 0 Å². The van der Waals surface area contributed by atoms with Crippen molar-refractivity contribution in [2.75, 3.05) is 19.6 Å². The molecule has 0 aliphatic carbocycles. The van der Waals surface area contributed by atoms with E-state index in [0.717, 1.165) is 43.9 Å². The molecule has 0 radical (unpaired) electrons. The van der Waals surface area contributed by atoms with Crippen LogP contribution in [0.4, 0.5) is 0 Å². The first kappa shape index (κ1) is 18.1. The summed E-state index contributed by atoms with van der Waals surface area (Å²) in [5.41, 5.74) is 4.54. The highest BCUT2D eigenvalue weighted by Crippen LogP contribution is 2.17. The number of hydrogen-bond donors (Lipinski definition) is 2. The van der Waals surface area contributed by atoms with Crippen LogP contribution in [0.2, 0.25) is 0 Å². The number of hydrogen-bond acceptors (Lipinski definition) is 4. The number of aliphatic hydroxyl groups is 2. The first-order valence-corrected chi connectivity index (χ1v) is 9.01. The minimum Gasteiger partial charge on any atom is -0.392 e. The second kappa shape index (κ2) is 8.59. The van der Waals surface area contributed by atoms with Crippen LogP contribution in [0.25, 0.3) is 0 Å². The fourth-order valence-electron chi connectivity index (χ4n) is 3.44. The molecule has 1 aliphatic rings. The minimum absolute atomic E-state index is 0.106. The smallest absolute Gasteiger partial charge is 0.0681 e. The molecule has 1 heterocycles. The van der Waals surface area contributed by atoms with Gasteiger partial charge in [0.25, 0.3) is 0 Å². The molecule has 25 heavy (non-hydrogen) atoms. The lowest BCUT2D eigenvalue weighted by molar-refractivity contribution is 0.0733. The number of nitrogens with zero attached hydrogens (tertiary/aromatic N) is 2. The third-order valence-electron chi connectivity index (χ3n) is 5.05. The van der Waals surface area contributed by atoms with E-state index in [1.807, 2.05) is 24.3 Å². The maximum Gasteiger partial charge on any atom is 0.0681 e. The lowest BCUT2D eigenvalue weighted by Gasteiger charge is -2.40. The molecule has 2 aromatic carbocycles. The first-order chi connectivity index (χ1) is 12.2. The third kappa shape index (κ3) is 4.89. The fraction of sp³-hybridized carbons (Fsp3) is 0.429. The number of piperazine rings is 1. The van der Waals surface area contributed by atoms with E-state index >= 15 is 0 Å². The Morgan fingerprint density at radius 1 is 0.760 bits per heavy atom. The van der Waals surface area contributed by atoms with E-state index in [9.17, 15) is 0 Å². The number of rotatable bonds is 6. The minimum atomic E-state index is 0.106. The fourth-order valence-corrected chi connectivity index (χ4v) is 3.44. The van der Waals surface area contributed by atoms with Crippen LogP contribution in [0.1, 0.15) is 29.2 Å². The van der Waals surface area contributed by atoms with Crippen molar-refractivity contribution in [3.05, 3.63) is 70.8 Å². The van der Waals surface area contributed by atoms with Gasteiger partial charge in [-0.15, -0.1) is 0 Å². The number of aliphatic hydroxyl groups excluding tert-OH is 2. The van der Waals surface area contributed by atoms with Gasteiger partial charge in [0.2, 0.25) is 0 Å². The molecular weight excluding hydrogens is 312 g/mol. The molecule has 4 nitrogen and oxygen atoms in total. The zero-order valence-electron chi connectivity index (χ0n) is 14.9. The zero-order valence-corrected chi connectivity index (χ0v) is 14.9. The van der Waals surface area contributed by atoms with Gasteiger partial charge in [0.05, 0.1) is 13.2 Å². The van der Waals surface area contributed by atoms with Gasteiger partial charge in [0.15, 0.2) is 0 Å². The second-order valence-corrected chi connectivity index (χ2v) is 7.00. The lowest BCUT2D eigenvalue weighted by Crippen LogP contribution is -2.50. The van der Waals surface area contributed by atoms with Crippen LogP contribution in [0.15, 0.2) is 48.5 Å². The van der Waals surface area contributed by atoms with Gasteiger partial charge in [-0.1, -0.05) is 48.5 Å². The van der Waals surface area contributed by atoms with Gasteiger partial charge in [-0.2, -0.15) is 0 Å². The highest BCUT2D eigenvalue weighted by molar-refractivity contribution is 5.23. The molecule has 0 spiro atoms. The molecule has 1 aliphatic heterocycles. The van der Waals surface area contributed by atoms with Crippen molar-refractivity contribution in [2.24, 2.45) is 0 Å². The van der Waals surface area contributed by atoms with Crippen molar-refractivity contribution >= 4 is 0 Å². The zero-order chi connectivity index (χ0) is 17.6. The van der Waals surface area contributed by atoms with E-state index in [-0.39, 0.29) is 13.2 Å². The Labute approximate surface area is 150 Å². The third-order valence-corrected chi connectivity index (χ3v) is 5.05. The maximum absolute atomic E-state index is 9.14. The van der Waals surface area contributed by atoms with E-state index in [0.29, 0.717) is 6.04 Å². The Morgan fingerprint density at radius 2 is 1.24 bits per heavy atom. The first-order valence-electron chi connectivity index (χ1n) is 9.01. The van der Waals surface area contributed by atoms with E-state index in [1.54, 1.807) is 0 Å². The van der Waals surface area contributed by atoms with Gasteiger partial charge in [-0.3, -0.25) is 9.80 Å². The lowest BCUT2D eigenvalue weighted by atomic mass is 10.1. The van der Waals surface area contributed by atoms with Crippen LogP contribution in [-0.2, 0) is 26.3 Å².